The predicted molar refractivity (Wildman–Crippen MR) is 104 cm³/mol. The molecule has 2 rings (SSSR count). The van der Waals surface area contributed by atoms with E-state index < -0.39 is 11.2 Å². The molecule has 0 saturated carbocycles. The lowest BCUT2D eigenvalue weighted by Gasteiger charge is -2.33. The van der Waals surface area contributed by atoms with Crippen molar-refractivity contribution < 1.29 is 9.90 Å². The third-order valence-corrected chi connectivity index (χ3v) is 4.64. The van der Waals surface area contributed by atoms with Crippen LogP contribution in [-0.2, 0) is 11.3 Å². The first-order chi connectivity index (χ1) is 12.9. The Morgan fingerprint density at radius 2 is 1.96 bits per heavy atom. The Hall–Kier alpha value is -2.68. The minimum absolute atomic E-state index is 0.0281. The molecular weight excluding hydrogens is 350 g/mol. The van der Waals surface area contributed by atoms with E-state index in [1.807, 2.05) is 11.8 Å². The van der Waals surface area contributed by atoms with Crippen molar-refractivity contribution >= 4 is 11.6 Å². The highest BCUT2D eigenvalue weighted by Crippen LogP contribution is 2.13. The van der Waals surface area contributed by atoms with E-state index in [2.05, 4.69) is 21.5 Å². The SMILES string of the molecule is C=CCn1c(O)c(C(CC)=NCCN2CCN(C(C)=O)CC2)c(=O)[nH]c1=O. The van der Waals surface area contributed by atoms with Crippen molar-refractivity contribution in [2.45, 2.75) is 26.8 Å². The minimum Gasteiger partial charge on any atom is -0.494 e. The topological polar surface area (TPSA) is 111 Å². The second-order valence-corrected chi connectivity index (χ2v) is 6.39. The van der Waals surface area contributed by atoms with Crippen LogP contribution in [-0.4, -0.2) is 75.3 Å². The average Bonchev–Trinajstić information content (AvgIpc) is 2.64. The van der Waals surface area contributed by atoms with Crippen molar-refractivity contribution in [2.75, 3.05) is 39.3 Å². The molecule has 0 aliphatic carbocycles. The lowest BCUT2D eigenvalue weighted by atomic mass is 10.1. The van der Waals surface area contributed by atoms with Crippen LogP contribution in [0.3, 0.4) is 0 Å². The van der Waals surface area contributed by atoms with E-state index in [9.17, 15) is 19.5 Å². The van der Waals surface area contributed by atoms with Crippen molar-refractivity contribution in [3.8, 4) is 5.88 Å². The van der Waals surface area contributed by atoms with E-state index in [0.29, 0.717) is 38.3 Å². The Labute approximate surface area is 157 Å². The highest BCUT2D eigenvalue weighted by molar-refractivity contribution is 6.01. The standard InChI is InChI=1S/C18H27N5O4/c1-4-7-23-17(26)15(16(25)20-18(23)27)14(5-2)19-6-8-21-9-11-22(12-10-21)13(3)24/h4,26H,1,5-12H2,2-3H3,(H,20,25,27). The molecule has 0 spiro atoms. The molecule has 1 aromatic heterocycles. The fourth-order valence-electron chi connectivity index (χ4n) is 3.10. The Morgan fingerprint density at radius 1 is 1.30 bits per heavy atom. The van der Waals surface area contributed by atoms with E-state index in [0.717, 1.165) is 17.7 Å². The molecule has 2 heterocycles. The smallest absolute Gasteiger partial charge is 0.331 e. The second kappa shape index (κ2) is 9.31. The number of carbonyl (C=O) groups is 1. The van der Waals surface area contributed by atoms with E-state index in [4.69, 9.17) is 0 Å². The number of aliphatic imine (C=N–C) groups is 1. The van der Waals surface area contributed by atoms with Gasteiger partial charge in [-0.25, -0.2) is 4.79 Å². The summed E-state index contributed by atoms with van der Waals surface area (Å²) in [6.07, 6.45) is 1.91. The Balaban J connectivity index is 2.12. The molecular formula is C18H27N5O4. The molecule has 1 aliphatic heterocycles. The summed E-state index contributed by atoms with van der Waals surface area (Å²) in [7, 11) is 0. The number of H-pyrrole nitrogens is 1. The lowest BCUT2D eigenvalue weighted by molar-refractivity contribution is -0.130. The number of piperazine rings is 1. The summed E-state index contributed by atoms with van der Waals surface area (Å²) in [5.74, 6) is -0.301. The third kappa shape index (κ3) is 4.94. The van der Waals surface area contributed by atoms with Crippen LogP contribution >= 0.6 is 0 Å². The Bertz CT molecular complexity index is 831. The van der Waals surface area contributed by atoms with Gasteiger partial charge in [0.15, 0.2) is 0 Å². The summed E-state index contributed by atoms with van der Waals surface area (Å²) in [6.45, 7) is 11.2. The predicted octanol–water partition coefficient (Wildman–Crippen LogP) is -0.209. The maximum absolute atomic E-state index is 12.2. The summed E-state index contributed by atoms with van der Waals surface area (Å²) < 4.78 is 1.05. The van der Waals surface area contributed by atoms with E-state index in [-0.39, 0.29) is 23.9 Å². The maximum atomic E-state index is 12.2. The molecule has 0 atom stereocenters. The van der Waals surface area contributed by atoms with Gasteiger partial charge in [-0.2, -0.15) is 0 Å². The van der Waals surface area contributed by atoms with E-state index >= 15 is 0 Å². The van der Waals surface area contributed by atoms with Gasteiger partial charge in [0.05, 0.1) is 12.3 Å². The van der Waals surface area contributed by atoms with Gasteiger partial charge in [0.2, 0.25) is 11.8 Å². The van der Waals surface area contributed by atoms with Crippen LogP contribution < -0.4 is 11.2 Å². The number of carbonyl (C=O) groups excluding carboxylic acids is 1. The number of hydrogen-bond acceptors (Lipinski definition) is 6. The number of aromatic hydroxyl groups is 1. The van der Waals surface area contributed by atoms with Gasteiger partial charge in [-0.05, 0) is 6.42 Å². The summed E-state index contributed by atoms with van der Waals surface area (Å²) in [4.78, 5) is 46.1. The normalized spacial score (nSPS) is 15.8. The largest absolute Gasteiger partial charge is 0.494 e. The molecule has 1 saturated heterocycles. The third-order valence-electron chi connectivity index (χ3n) is 4.64. The molecule has 1 aliphatic rings. The van der Waals surface area contributed by atoms with Gasteiger partial charge >= 0.3 is 5.69 Å². The molecule has 1 amide bonds. The van der Waals surface area contributed by atoms with Crippen molar-refractivity contribution in [3.05, 3.63) is 39.1 Å². The zero-order chi connectivity index (χ0) is 20.0. The van der Waals surface area contributed by atoms with Gasteiger partial charge in [0.1, 0.15) is 5.56 Å². The molecule has 27 heavy (non-hydrogen) atoms. The second-order valence-electron chi connectivity index (χ2n) is 6.39. The zero-order valence-electron chi connectivity index (χ0n) is 15.9. The lowest BCUT2D eigenvalue weighted by Crippen LogP contribution is -2.48. The molecule has 148 valence electrons. The zero-order valence-corrected chi connectivity index (χ0v) is 15.9. The van der Waals surface area contributed by atoms with Crippen molar-refractivity contribution in [3.63, 3.8) is 0 Å². The summed E-state index contributed by atoms with van der Waals surface area (Å²) in [6, 6.07) is 0. The molecule has 0 bridgehead atoms. The molecule has 9 nitrogen and oxygen atoms in total. The van der Waals surface area contributed by atoms with Gasteiger partial charge in [0.25, 0.3) is 5.56 Å². The van der Waals surface area contributed by atoms with Crippen LogP contribution in [0.1, 0.15) is 25.8 Å². The number of hydrogen-bond donors (Lipinski definition) is 2. The summed E-state index contributed by atoms with van der Waals surface area (Å²) in [5, 5.41) is 10.4. The number of allylic oxidation sites excluding steroid dienone is 1. The highest BCUT2D eigenvalue weighted by atomic mass is 16.3. The number of amides is 1. The first-order valence-electron chi connectivity index (χ1n) is 9.07. The van der Waals surface area contributed by atoms with Gasteiger partial charge < -0.3 is 10.0 Å². The van der Waals surface area contributed by atoms with E-state index in [1.165, 1.54) is 6.08 Å². The Kier molecular flexibility index (Phi) is 7.12. The molecule has 9 heteroatoms. The number of aromatic amines is 1. The van der Waals surface area contributed by atoms with Crippen molar-refractivity contribution in [2.24, 2.45) is 4.99 Å². The Morgan fingerprint density at radius 3 is 2.52 bits per heavy atom. The maximum Gasteiger partial charge on any atom is 0.331 e. The summed E-state index contributed by atoms with van der Waals surface area (Å²) in [5.41, 5.74) is -0.845. The van der Waals surface area contributed by atoms with E-state index in [1.54, 1.807) is 6.92 Å². The van der Waals surface area contributed by atoms with Crippen molar-refractivity contribution in [1.29, 1.82) is 0 Å². The molecule has 2 N–H and O–H groups in total. The van der Waals surface area contributed by atoms with Gasteiger partial charge in [-0.15, -0.1) is 6.58 Å². The van der Waals surface area contributed by atoms with Crippen LogP contribution in [0.5, 0.6) is 5.88 Å². The number of rotatable bonds is 7. The number of nitrogens with one attached hydrogen (secondary N) is 1. The quantitative estimate of drug-likeness (QED) is 0.505. The highest BCUT2D eigenvalue weighted by Gasteiger charge is 2.19. The van der Waals surface area contributed by atoms with Gasteiger partial charge in [-0.1, -0.05) is 13.0 Å². The van der Waals surface area contributed by atoms with Gasteiger partial charge in [0, 0.05) is 46.2 Å². The van der Waals surface area contributed by atoms with Crippen LogP contribution in [0, 0.1) is 0 Å². The molecule has 1 aromatic rings. The first kappa shape index (κ1) is 20.6. The van der Waals surface area contributed by atoms with Gasteiger partial charge in [-0.3, -0.25) is 29.0 Å². The fourth-order valence-corrected chi connectivity index (χ4v) is 3.10. The fraction of sp³-hybridized carbons (Fsp3) is 0.556. The minimum atomic E-state index is -0.681. The monoisotopic (exact) mass is 377 g/mol. The molecule has 1 fully saturated rings. The molecule has 0 unspecified atom stereocenters. The van der Waals surface area contributed by atoms with Crippen molar-refractivity contribution in [1.82, 2.24) is 19.4 Å². The summed E-state index contributed by atoms with van der Waals surface area (Å²) >= 11 is 0. The van der Waals surface area contributed by atoms with Crippen LogP contribution in [0.25, 0.3) is 0 Å². The van der Waals surface area contributed by atoms with Crippen LogP contribution in [0.4, 0.5) is 0 Å². The average molecular weight is 377 g/mol. The first-order valence-corrected chi connectivity index (χ1v) is 9.07. The number of aromatic nitrogens is 2. The van der Waals surface area contributed by atoms with Crippen LogP contribution in [0.2, 0.25) is 0 Å². The molecule has 0 aromatic carbocycles. The molecule has 0 radical (unpaired) electrons. The van der Waals surface area contributed by atoms with Crippen LogP contribution in [0.15, 0.2) is 27.2 Å². The number of nitrogens with zero attached hydrogens (tertiary/aromatic N) is 4.